The van der Waals surface area contributed by atoms with Crippen molar-refractivity contribution in [1.82, 2.24) is 0 Å². The monoisotopic (exact) mass is 237 g/mol. The number of hydrogen-bond donors (Lipinski definition) is 0. The fraction of sp³-hybridized carbons (Fsp3) is 0.250. The van der Waals surface area contributed by atoms with Crippen LogP contribution in [0, 0.1) is 5.82 Å². The molecule has 1 unspecified atom stereocenters. The fourth-order valence-corrected chi connectivity index (χ4v) is 1.68. The van der Waals surface area contributed by atoms with Crippen LogP contribution in [0.5, 0.6) is 5.75 Å². The minimum absolute atomic E-state index is 0.0103. The Morgan fingerprint density at radius 2 is 2.29 bits per heavy atom. The molecule has 0 amide bonds. The first-order valence-electron chi connectivity index (χ1n) is 3.80. The molecule has 0 saturated heterocycles. The maximum absolute atomic E-state index is 12.8. The number of rotatable bonds is 3. The van der Waals surface area contributed by atoms with Crippen molar-refractivity contribution >= 4 is 23.0 Å². The van der Waals surface area contributed by atoms with Gasteiger partial charge in [-0.15, -0.1) is 0 Å². The second kappa shape index (κ2) is 4.72. The third-order valence-corrected chi connectivity index (χ3v) is 2.20. The Morgan fingerprint density at radius 3 is 2.79 bits per heavy atom. The number of aryl methyl sites for hydroxylation is 1. The van der Waals surface area contributed by atoms with Gasteiger partial charge in [0.2, 0.25) is 0 Å². The zero-order valence-corrected chi connectivity index (χ0v) is 8.82. The van der Waals surface area contributed by atoms with Crippen LogP contribution in [0.3, 0.4) is 0 Å². The van der Waals surface area contributed by atoms with Crippen molar-refractivity contribution in [3.63, 3.8) is 0 Å². The van der Waals surface area contributed by atoms with Crippen LogP contribution < -0.4 is 4.18 Å². The van der Waals surface area contributed by atoms with Gasteiger partial charge in [0, 0.05) is 0 Å². The van der Waals surface area contributed by atoms with Gasteiger partial charge >= 0.3 is 0 Å². The maximum Gasteiger partial charge on any atom is 0.161 e. The molecule has 1 aromatic carbocycles. The van der Waals surface area contributed by atoms with E-state index in [4.69, 9.17) is 11.6 Å². The van der Waals surface area contributed by atoms with Crippen molar-refractivity contribution in [3.05, 3.63) is 28.5 Å². The standard InChI is InChI=1S/C8H8ClFO3S/c1-2-5-3-6(10)4-7(9)8(5)13-14(11)12/h3-4H,2H2,1H3,(H,11,12)/p-1. The van der Waals surface area contributed by atoms with E-state index in [2.05, 4.69) is 4.18 Å². The van der Waals surface area contributed by atoms with Crippen molar-refractivity contribution < 1.29 is 17.3 Å². The molecule has 3 nitrogen and oxygen atoms in total. The minimum atomic E-state index is -2.70. The van der Waals surface area contributed by atoms with E-state index in [1.807, 2.05) is 0 Å². The van der Waals surface area contributed by atoms with Crippen LogP contribution >= 0.6 is 11.6 Å². The molecule has 78 valence electrons. The topological polar surface area (TPSA) is 49.4 Å². The third kappa shape index (κ3) is 2.67. The second-order valence-electron chi connectivity index (χ2n) is 2.52. The van der Waals surface area contributed by atoms with E-state index in [1.54, 1.807) is 6.92 Å². The molecule has 0 aromatic heterocycles. The summed E-state index contributed by atoms with van der Waals surface area (Å²) < 4.78 is 37.9. The van der Waals surface area contributed by atoms with Crippen LogP contribution in [0.25, 0.3) is 0 Å². The number of benzene rings is 1. The molecule has 0 N–H and O–H groups in total. The summed E-state index contributed by atoms with van der Waals surface area (Å²) in [6.45, 7) is 1.74. The first-order chi connectivity index (χ1) is 6.54. The first kappa shape index (κ1) is 11.4. The fourth-order valence-electron chi connectivity index (χ4n) is 1.04. The second-order valence-corrected chi connectivity index (χ2v) is 3.50. The smallest absolute Gasteiger partial charge is 0.161 e. The highest BCUT2D eigenvalue weighted by atomic mass is 35.5. The van der Waals surface area contributed by atoms with Crippen molar-refractivity contribution in [2.75, 3.05) is 0 Å². The van der Waals surface area contributed by atoms with Crippen LogP contribution in [-0.2, 0) is 17.8 Å². The summed E-state index contributed by atoms with van der Waals surface area (Å²) in [4.78, 5) is 0. The summed E-state index contributed by atoms with van der Waals surface area (Å²) in [5, 5.41) is -0.0500. The minimum Gasteiger partial charge on any atom is -0.740 e. The molecule has 6 heteroatoms. The molecular weight excluding hydrogens is 231 g/mol. The van der Waals surface area contributed by atoms with Gasteiger partial charge in [-0.05, 0) is 24.1 Å². The van der Waals surface area contributed by atoms with E-state index < -0.39 is 17.2 Å². The predicted molar refractivity (Wildman–Crippen MR) is 50.3 cm³/mol. The van der Waals surface area contributed by atoms with Crippen molar-refractivity contribution in [1.29, 1.82) is 0 Å². The molecule has 0 aliphatic rings. The van der Waals surface area contributed by atoms with Gasteiger partial charge in [0.05, 0.1) is 5.02 Å². The molecule has 0 aliphatic heterocycles. The Bertz CT molecular complexity index is 370. The highest BCUT2D eigenvalue weighted by Gasteiger charge is 2.10. The summed E-state index contributed by atoms with van der Waals surface area (Å²) in [5.74, 6) is -0.528. The Morgan fingerprint density at radius 1 is 1.64 bits per heavy atom. The van der Waals surface area contributed by atoms with E-state index >= 15 is 0 Å². The lowest BCUT2D eigenvalue weighted by molar-refractivity contribution is 0.437. The molecule has 0 spiro atoms. The highest BCUT2D eigenvalue weighted by Crippen LogP contribution is 2.30. The Balaban J connectivity index is 3.18. The van der Waals surface area contributed by atoms with Crippen molar-refractivity contribution in [2.24, 2.45) is 0 Å². The van der Waals surface area contributed by atoms with Gasteiger partial charge in [-0.1, -0.05) is 18.5 Å². The Kier molecular flexibility index (Phi) is 3.86. The van der Waals surface area contributed by atoms with Gasteiger partial charge in [-0.25, -0.2) is 8.60 Å². The van der Waals surface area contributed by atoms with Crippen LogP contribution in [-0.4, -0.2) is 8.76 Å². The number of halogens is 2. The van der Waals surface area contributed by atoms with Gasteiger partial charge in [-0.3, -0.25) is 0 Å². The van der Waals surface area contributed by atoms with E-state index in [0.29, 0.717) is 12.0 Å². The molecule has 1 aromatic rings. The molecule has 0 aliphatic carbocycles. The van der Waals surface area contributed by atoms with Gasteiger partial charge in [0.15, 0.2) is 5.75 Å². The Hall–Kier alpha value is -0.650. The molecule has 0 heterocycles. The molecule has 1 atom stereocenters. The van der Waals surface area contributed by atoms with E-state index in [9.17, 15) is 13.2 Å². The molecular formula is C8H7ClFO3S-. The highest BCUT2D eigenvalue weighted by molar-refractivity contribution is 7.74. The SMILES string of the molecule is CCc1cc(F)cc(Cl)c1OS(=O)[O-]. The molecule has 14 heavy (non-hydrogen) atoms. The maximum atomic E-state index is 12.8. The van der Waals surface area contributed by atoms with Crippen molar-refractivity contribution in [3.8, 4) is 5.75 Å². The average Bonchev–Trinajstić information content (AvgIpc) is 2.08. The predicted octanol–water partition coefficient (Wildman–Crippen LogP) is 2.21. The van der Waals surface area contributed by atoms with Gasteiger partial charge < -0.3 is 8.74 Å². The average molecular weight is 238 g/mol. The molecule has 1 rings (SSSR count). The summed E-state index contributed by atoms with van der Waals surface area (Å²) in [7, 11) is 0. The normalized spacial score (nSPS) is 12.6. The summed E-state index contributed by atoms with van der Waals surface area (Å²) in [6, 6.07) is 2.19. The van der Waals surface area contributed by atoms with Gasteiger partial charge in [0.1, 0.15) is 17.2 Å². The van der Waals surface area contributed by atoms with Gasteiger partial charge in [0.25, 0.3) is 0 Å². The zero-order chi connectivity index (χ0) is 10.7. The molecule has 0 radical (unpaired) electrons. The number of hydrogen-bond acceptors (Lipinski definition) is 3. The lowest BCUT2D eigenvalue weighted by Crippen LogP contribution is -2.02. The van der Waals surface area contributed by atoms with E-state index in [1.165, 1.54) is 6.07 Å². The summed E-state index contributed by atoms with van der Waals surface area (Å²) >= 11 is 2.92. The van der Waals surface area contributed by atoms with Crippen molar-refractivity contribution in [2.45, 2.75) is 13.3 Å². The van der Waals surface area contributed by atoms with Crippen LogP contribution in [0.1, 0.15) is 12.5 Å². The zero-order valence-electron chi connectivity index (χ0n) is 7.25. The largest absolute Gasteiger partial charge is 0.740 e. The van der Waals surface area contributed by atoms with E-state index in [0.717, 1.165) is 6.07 Å². The quantitative estimate of drug-likeness (QED) is 0.758. The lowest BCUT2D eigenvalue weighted by Gasteiger charge is -2.12. The molecule has 0 saturated carbocycles. The Labute approximate surface area is 88.3 Å². The summed E-state index contributed by atoms with van der Waals surface area (Å²) in [6.07, 6.45) is 0.435. The van der Waals surface area contributed by atoms with Crippen LogP contribution in [0.4, 0.5) is 4.39 Å². The van der Waals surface area contributed by atoms with Crippen LogP contribution in [0.2, 0.25) is 5.02 Å². The first-order valence-corrected chi connectivity index (χ1v) is 5.18. The molecule has 0 fully saturated rings. The third-order valence-electron chi connectivity index (χ3n) is 1.62. The van der Waals surface area contributed by atoms with Gasteiger partial charge in [-0.2, -0.15) is 0 Å². The van der Waals surface area contributed by atoms with Crippen LogP contribution in [0.15, 0.2) is 12.1 Å². The lowest BCUT2D eigenvalue weighted by atomic mass is 10.1. The van der Waals surface area contributed by atoms with E-state index in [-0.39, 0.29) is 10.8 Å². The molecule has 0 bridgehead atoms. The summed E-state index contributed by atoms with van der Waals surface area (Å²) in [5.41, 5.74) is 0.416.